The third kappa shape index (κ3) is 1.78. The Morgan fingerprint density at radius 3 is 2.60 bits per heavy atom. The molecule has 0 saturated carbocycles. The molecule has 4 aliphatic heterocycles. The van der Waals surface area contributed by atoms with Crippen LogP contribution in [0.2, 0.25) is 5.15 Å². The summed E-state index contributed by atoms with van der Waals surface area (Å²) in [5.74, 6) is 1.91. The molecule has 5 rings (SSSR count). The quantitative estimate of drug-likeness (QED) is 0.826. The van der Waals surface area contributed by atoms with E-state index < -0.39 is 0 Å². The first-order chi connectivity index (χ1) is 9.66. The van der Waals surface area contributed by atoms with Crippen LogP contribution >= 0.6 is 11.6 Å². The molecule has 1 aromatic rings. The fourth-order valence-corrected chi connectivity index (χ4v) is 3.87. The van der Waals surface area contributed by atoms with E-state index in [0.29, 0.717) is 17.0 Å². The third-order valence-electron chi connectivity index (χ3n) is 4.77. The molecule has 1 unspecified atom stereocenters. The van der Waals surface area contributed by atoms with Gasteiger partial charge >= 0.3 is 0 Å². The van der Waals surface area contributed by atoms with Gasteiger partial charge in [0.05, 0.1) is 24.5 Å². The molecule has 0 radical (unpaired) electrons. The zero-order valence-corrected chi connectivity index (χ0v) is 11.9. The molecule has 1 spiro atoms. The summed E-state index contributed by atoms with van der Waals surface area (Å²) in [6.07, 6.45) is 5.64. The number of aliphatic imine (C=N–C) groups is 1. The van der Waals surface area contributed by atoms with Crippen LogP contribution < -0.4 is 10.6 Å². The maximum absolute atomic E-state index is 6.14. The Kier molecular flexibility index (Phi) is 2.65. The monoisotopic (exact) mass is 292 g/mol. The van der Waals surface area contributed by atoms with Gasteiger partial charge in [-0.2, -0.15) is 0 Å². The molecule has 0 aromatic carbocycles. The smallest absolute Gasteiger partial charge is 0.197 e. The lowest BCUT2D eigenvalue weighted by Crippen LogP contribution is -2.60. The lowest BCUT2D eigenvalue weighted by molar-refractivity contribution is 0.0390. The number of piperidine rings is 3. The number of nitrogens with two attached hydrogens (primary N) is 1. The molecule has 106 valence electrons. The van der Waals surface area contributed by atoms with E-state index in [-0.39, 0.29) is 5.54 Å². The van der Waals surface area contributed by atoms with Gasteiger partial charge in [-0.1, -0.05) is 11.6 Å². The number of fused-ring (bicyclic) bond motifs is 2. The predicted octanol–water partition coefficient (Wildman–Crippen LogP) is 0.729. The summed E-state index contributed by atoms with van der Waals surface area (Å²) in [7, 11) is 0. The Hall–Kier alpha value is -1.40. The number of halogens is 1. The van der Waals surface area contributed by atoms with Gasteiger partial charge in [-0.3, -0.25) is 4.90 Å². The molecule has 2 N–H and O–H groups in total. The number of hydrogen-bond acceptors (Lipinski definition) is 6. The van der Waals surface area contributed by atoms with Crippen LogP contribution in [0.4, 0.5) is 5.82 Å². The van der Waals surface area contributed by atoms with Crippen molar-refractivity contribution in [3.05, 3.63) is 17.5 Å². The van der Waals surface area contributed by atoms with Gasteiger partial charge in [-0.05, 0) is 31.8 Å². The summed E-state index contributed by atoms with van der Waals surface area (Å²) < 4.78 is 0. The molecule has 6 nitrogen and oxygen atoms in total. The van der Waals surface area contributed by atoms with Crippen molar-refractivity contribution in [2.45, 2.75) is 18.4 Å². The van der Waals surface area contributed by atoms with E-state index in [1.165, 1.54) is 25.9 Å². The van der Waals surface area contributed by atoms with Crippen LogP contribution in [0.5, 0.6) is 0 Å². The molecule has 3 saturated heterocycles. The second-order valence-electron chi connectivity index (χ2n) is 5.91. The Morgan fingerprint density at radius 2 is 2.00 bits per heavy atom. The summed E-state index contributed by atoms with van der Waals surface area (Å²) in [5.41, 5.74) is 6.09. The molecule has 4 aliphatic rings. The highest BCUT2D eigenvalue weighted by atomic mass is 35.5. The average Bonchev–Trinajstić information content (AvgIpc) is 2.77. The van der Waals surface area contributed by atoms with Gasteiger partial charge in [0, 0.05) is 6.54 Å². The normalized spacial score (nSPS) is 35.6. The van der Waals surface area contributed by atoms with Gasteiger partial charge in [0.15, 0.2) is 11.8 Å². The van der Waals surface area contributed by atoms with E-state index in [2.05, 4.69) is 14.9 Å². The number of anilines is 1. The number of guanidine groups is 1. The first-order valence-corrected chi connectivity index (χ1v) is 7.37. The highest BCUT2D eigenvalue weighted by molar-refractivity contribution is 6.29. The predicted molar refractivity (Wildman–Crippen MR) is 77.9 cm³/mol. The van der Waals surface area contributed by atoms with Crippen molar-refractivity contribution >= 4 is 23.4 Å². The first kappa shape index (κ1) is 12.3. The molecule has 0 amide bonds. The summed E-state index contributed by atoms with van der Waals surface area (Å²) >= 11 is 5.79. The van der Waals surface area contributed by atoms with Gasteiger partial charge < -0.3 is 10.6 Å². The van der Waals surface area contributed by atoms with Crippen LogP contribution in [-0.4, -0.2) is 52.5 Å². The molecule has 20 heavy (non-hydrogen) atoms. The van der Waals surface area contributed by atoms with Crippen LogP contribution in [0, 0.1) is 5.92 Å². The maximum Gasteiger partial charge on any atom is 0.197 e. The topological polar surface area (TPSA) is 70.6 Å². The lowest BCUT2D eigenvalue weighted by Gasteiger charge is -2.49. The third-order valence-corrected chi connectivity index (χ3v) is 4.97. The zero-order chi connectivity index (χ0) is 13.7. The molecular weight excluding hydrogens is 276 g/mol. The van der Waals surface area contributed by atoms with Crippen molar-refractivity contribution in [1.82, 2.24) is 14.9 Å². The Balaban J connectivity index is 1.64. The average molecular weight is 293 g/mol. The van der Waals surface area contributed by atoms with Gasteiger partial charge in [-0.15, -0.1) is 0 Å². The number of nitrogens with zero attached hydrogens (tertiary/aromatic N) is 5. The van der Waals surface area contributed by atoms with E-state index in [4.69, 9.17) is 22.3 Å². The fraction of sp³-hybridized carbons (Fsp3) is 0.615. The van der Waals surface area contributed by atoms with Crippen molar-refractivity contribution in [1.29, 1.82) is 0 Å². The summed E-state index contributed by atoms with van der Waals surface area (Å²) in [6.45, 7) is 4.21. The summed E-state index contributed by atoms with van der Waals surface area (Å²) in [6, 6.07) is 0. The van der Waals surface area contributed by atoms with Gasteiger partial charge in [-0.25, -0.2) is 15.0 Å². The minimum Gasteiger partial charge on any atom is -0.369 e. The minimum absolute atomic E-state index is 0.0537. The van der Waals surface area contributed by atoms with Gasteiger partial charge in [0.25, 0.3) is 0 Å². The van der Waals surface area contributed by atoms with Gasteiger partial charge in [0.1, 0.15) is 5.15 Å². The summed E-state index contributed by atoms with van der Waals surface area (Å²) in [5, 5.41) is 0.390. The van der Waals surface area contributed by atoms with Gasteiger partial charge in [0.2, 0.25) is 0 Å². The van der Waals surface area contributed by atoms with Crippen LogP contribution in [-0.2, 0) is 0 Å². The maximum atomic E-state index is 6.14. The fourth-order valence-electron chi connectivity index (χ4n) is 3.77. The molecule has 1 atom stereocenters. The number of aromatic nitrogens is 2. The van der Waals surface area contributed by atoms with Crippen LogP contribution in [0.15, 0.2) is 17.4 Å². The Bertz CT molecular complexity index is 550. The van der Waals surface area contributed by atoms with E-state index in [1.807, 2.05) is 4.90 Å². The lowest BCUT2D eigenvalue weighted by atomic mass is 9.73. The van der Waals surface area contributed by atoms with E-state index in [1.54, 1.807) is 12.4 Å². The molecule has 3 fully saturated rings. The van der Waals surface area contributed by atoms with Crippen molar-refractivity contribution < 1.29 is 0 Å². The van der Waals surface area contributed by atoms with Crippen LogP contribution in [0.3, 0.4) is 0 Å². The van der Waals surface area contributed by atoms with Crippen LogP contribution in [0.25, 0.3) is 0 Å². The van der Waals surface area contributed by atoms with Crippen LogP contribution in [0.1, 0.15) is 12.8 Å². The molecule has 0 aliphatic carbocycles. The number of hydrogen-bond donors (Lipinski definition) is 1. The van der Waals surface area contributed by atoms with Crippen molar-refractivity contribution in [2.24, 2.45) is 16.6 Å². The second-order valence-corrected chi connectivity index (χ2v) is 6.29. The zero-order valence-electron chi connectivity index (χ0n) is 11.2. The molecule has 5 heterocycles. The highest BCUT2D eigenvalue weighted by Gasteiger charge is 2.51. The minimum atomic E-state index is -0.0537. The van der Waals surface area contributed by atoms with E-state index in [0.717, 1.165) is 18.9 Å². The summed E-state index contributed by atoms with van der Waals surface area (Å²) in [4.78, 5) is 17.7. The van der Waals surface area contributed by atoms with E-state index in [9.17, 15) is 0 Å². The highest BCUT2D eigenvalue weighted by Crippen LogP contribution is 2.41. The second kappa shape index (κ2) is 4.30. The molecule has 1 aromatic heterocycles. The SMILES string of the molecule is NC1=NC2(CN3CCC2CC3)CN1c1cnc(Cl)cn1. The van der Waals surface area contributed by atoms with Crippen molar-refractivity contribution in [2.75, 3.05) is 31.1 Å². The van der Waals surface area contributed by atoms with E-state index >= 15 is 0 Å². The van der Waals surface area contributed by atoms with Crippen molar-refractivity contribution in [3.63, 3.8) is 0 Å². The standard InChI is InChI=1S/C13H17ClN6/c14-10-5-17-11(6-16-10)20-8-13(18-12(20)15)7-19-3-1-9(13)2-4-19/h5-6,9H,1-4,7-8H2,(H2,15,18). The molecule has 7 heteroatoms. The Morgan fingerprint density at radius 1 is 1.20 bits per heavy atom. The number of rotatable bonds is 1. The molecular formula is C13H17ClN6. The Labute approximate surface area is 122 Å². The van der Waals surface area contributed by atoms with Crippen molar-refractivity contribution in [3.8, 4) is 0 Å². The largest absolute Gasteiger partial charge is 0.369 e. The first-order valence-electron chi connectivity index (χ1n) is 6.99. The molecule has 2 bridgehead atoms.